The van der Waals surface area contributed by atoms with Crippen molar-refractivity contribution in [3.8, 4) is 0 Å². The van der Waals surface area contributed by atoms with Gasteiger partial charge in [0.15, 0.2) is 5.78 Å². The van der Waals surface area contributed by atoms with E-state index in [0.29, 0.717) is 21.4 Å². The Kier molecular flexibility index (Phi) is 4.73. The van der Waals surface area contributed by atoms with E-state index >= 15 is 0 Å². The lowest BCUT2D eigenvalue weighted by Gasteiger charge is -2.24. The van der Waals surface area contributed by atoms with Gasteiger partial charge in [0.2, 0.25) is 5.91 Å². The molecule has 1 aliphatic heterocycles. The average molecular weight is 415 g/mol. The van der Waals surface area contributed by atoms with E-state index in [4.69, 9.17) is 0 Å². The van der Waals surface area contributed by atoms with Crippen LogP contribution in [0.2, 0.25) is 0 Å². The Hall–Kier alpha value is -2.80. The first-order chi connectivity index (χ1) is 12.3. The van der Waals surface area contributed by atoms with Crippen molar-refractivity contribution in [2.24, 2.45) is 0 Å². The Morgan fingerprint density at radius 2 is 1.85 bits per heavy atom. The fourth-order valence-corrected chi connectivity index (χ4v) is 3.16. The van der Waals surface area contributed by atoms with E-state index in [2.05, 4.69) is 21.2 Å². The number of carbonyl (C=O) groups excluding carboxylic acids is 4. The number of nitrogens with zero attached hydrogens (tertiary/aromatic N) is 1. The van der Waals surface area contributed by atoms with Gasteiger partial charge in [0.1, 0.15) is 6.04 Å². The van der Waals surface area contributed by atoms with E-state index in [9.17, 15) is 19.2 Å². The van der Waals surface area contributed by atoms with Gasteiger partial charge in [0, 0.05) is 15.7 Å². The highest BCUT2D eigenvalue weighted by Crippen LogP contribution is 2.33. The second-order valence-electron chi connectivity index (χ2n) is 5.97. The van der Waals surface area contributed by atoms with Gasteiger partial charge in [-0.2, -0.15) is 0 Å². The molecule has 0 saturated carbocycles. The minimum absolute atomic E-state index is 0.117. The molecule has 3 rings (SSSR count). The zero-order valence-electron chi connectivity index (χ0n) is 14.1. The van der Waals surface area contributed by atoms with Crippen LogP contribution < -0.4 is 10.2 Å². The number of fused-ring (bicyclic) bond motifs is 1. The molecule has 6 nitrogen and oxygen atoms in total. The van der Waals surface area contributed by atoms with E-state index in [-0.39, 0.29) is 11.3 Å². The number of ketones is 2. The zero-order chi connectivity index (χ0) is 19.0. The molecule has 7 heteroatoms. The van der Waals surface area contributed by atoms with Crippen LogP contribution in [-0.2, 0) is 9.59 Å². The number of anilines is 2. The standard InChI is InChI=1S/C19H15BrN2O4/c1-10(18(25)21-14-5-3-4-12(8-14)11(2)23)22-16-7-6-13(20)9-15(16)17(24)19(22)26/h3-10H,1-2H3,(H,21,25). The van der Waals surface area contributed by atoms with E-state index < -0.39 is 23.6 Å². The average Bonchev–Trinajstić information content (AvgIpc) is 2.85. The van der Waals surface area contributed by atoms with Gasteiger partial charge in [0.05, 0.1) is 11.3 Å². The normalized spacial score (nSPS) is 14.2. The summed E-state index contributed by atoms with van der Waals surface area (Å²) in [5.41, 5.74) is 1.59. The van der Waals surface area contributed by atoms with Crippen LogP contribution in [0.25, 0.3) is 0 Å². The van der Waals surface area contributed by atoms with E-state index in [1.165, 1.54) is 11.8 Å². The van der Waals surface area contributed by atoms with Gasteiger partial charge in [-0.05, 0) is 44.2 Å². The van der Waals surface area contributed by atoms with Gasteiger partial charge in [-0.1, -0.05) is 28.1 Å². The monoisotopic (exact) mass is 414 g/mol. The molecule has 1 unspecified atom stereocenters. The molecule has 0 bridgehead atoms. The topological polar surface area (TPSA) is 83.6 Å². The van der Waals surface area contributed by atoms with Crippen molar-refractivity contribution in [1.29, 1.82) is 0 Å². The molecular formula is C19H15BrN2O4. The summed E-state index contributed by atoms with van der Waals surface area (Å²) in [4.78, 5) is 49.8. The van der Waals surface area contributed by atoms with Gasteiger partial charge in [0.25, 0.3) is 11.7 Å². The molecule has 132 valence electrons. The molecule has 1 aliphatic rings. The van der Waals surface area contributed by atoms with Crippen molar-refractivity contribution in [3.63, 3.8) is 0 Å². The van der Waals surface area contributed by atoms with Crippen LogP contribution in [0, 0.1) is 0 Å². The fraction of sp³-hybridized carbons (Fsp3) is 0.158. The van der Waals surface area contributed by atoms with Crippen molar-refractivity contribution in [3.05, 3.63) is 58.1 Å². The van der Waals surface area contributed by atoms with Crippen LogP contribution in [0.5, 0.6) is 0 Å². The van der Waals surface area contributed by atoms with Crippen molar-refractivity contribution in [2.45, 2.75) is 19.9 Å². The molecule has 0 saturated heterocycles. The molecule has 0 fully saturated rings. The minimum atomic E-state index is -0.894. The number of hydrogen-bond donors (Lipinski definition) is 1. The summed E-state index contributed by atoms with van der Waals surface area (Å²) in [6.07, 6.45) is 0. The van der Waals surface area contributed by atoms with E-state index in [1.54, 1.807) is 49.4 Å². The van der Waals surface area contributed by atoms with Crippen LogP contribution in [0.4, 0.5) is 11.4 Å². The summed E-state index contributed by atoms with van der Waals surface area (Å²) < 4.78 is 0.678. The third-order valence-corrected chi connectivity index (χ3v) is 4.67. The molecule has 2 amide bonds. The number of hydrogen-bond acceptors (Lipinski definition) is 4. The summed E-state index contributed by atoms with van der Waals surface area (Å²) in [5, 5.41) is 2.69. The highest BCUT2D eigenvalue weighted by molar-refractivity contribution is 9.10. The summed E-state index contributed by atoms with van der Waals surface area (Å²) >= 11 is 3.27. The molecule has 1 heterocycles. The first-order valence-corrected chi connectivity index (χ1v) is 8.68. The minimum Gasteiger partial charge on any atom is -0.324 e. The predicted octanol–water partition coefficient (Wildman–Crippen LogP) is 3.21. The number of Topliss-reactive ketones (excluding diaryl/α,β-unsaturated/α-hetero) is 2. The molecule has 0 aliphatic carbocycles. The van der Waals surface area contributed by atoms with Gasteiger partial charge < -0.3 is 5.32 Å². The lowest BCUT2D eigenvalue weighted by molar-refractivity contribution is -0.120. The lowest BCUT2D eigenvalue weighted by atomic mass is 10.1. The highest BCUT2D eigenvalue weighted by atomic mass is 79.9. The summed E-state index contributed by atoms with van der Waals surface area (Å²) in [6.45, 7) is 2.99. The Balaban J connectivity index is 1.85. The maximum absolute atomic E-state index is 12.6. The van der Waals surface area contributed by atoms with Crippen LogP contribution in [0.1, 0.15) is 34.6 Å². The third-order valence-electron chi connectivity index (χ3n) is 4.18. The summed E-state index contributed by atoms with van der Waals surface area (Å²) in [5.74, 6) is -1.95. The molecule has 2 aromatic rings. The smallest absolute Gasteiger partial charge is 0.300 e. The van der Waals surface area contributed by atoms with Gasteiger partial charge in [-0.25, -0.2) is 0 Å². The molecular weight excluding hydrogens is 400 g/mol. The van der Waals surface area contributed by atoms with Crippen LogP contribution >= 0.6 is 15.9 Å². The van der Waals surface area contributed by atoms with Crippen molar-refractivity contribution in [2.75, 3.05) is 10.2 Å². The maximum atomic E-state index is 12.6. The first-order valence-electron chi connectivity index (χ1n) is 7.89. The van der Waals surface area contributed by atoms with Crippen molar-refractivity contribution < 1.29 is 19.2 Å². The fourth-order valence-electron chi connectivity index (χ4n) is 2.80. The number of nitrogens with one attached hydrogen (secondary N) is 1. The van der Waals surface area contributed by atoms with Crippen molar-refractivity contribution in [1.82, 2.24) is 0 Å². The molecule has 26 heavy (non-hydrogen) atoms. The van der Waals surface area contributed by atoms with Crippen LogP contribution in [-0.4, -0.2) is 29.4 Å². The first kappa shape index (κ1) is 18.0. The lowest BCUT2D eigenvalue weighted by Crippen LogP contribution is -2.45. The van der Waals surface area contributed by atoms with Crippen LogP contribution in [0.3, 0.4) is 0 Å². The molecule has 0 aromatic heterocycles. The van der Waals surface area contributed by atoms with Crippen LogP contribution in [0.15, 0.2) is 46.9 Å². The number of amides is 2. The number of halogens is 1. The van der Waals surface area contributed by atoms with Gasteiger partial charge >= 0.3 is 0 Å². The van der Waals surface area contributed by atoms with Gasteiger partial charge in [-0.15, -0.1) is 0 Å². The summed E-state index contributed by atoms with van der Waals surface area (Å²) in [6, 6.07) is 10.5. The second kappa shape index (κ2) is 6.84. The third kappa shape index (κ3) is 3.17. The molecule has 1 atom stereocenters. The van der Waals surface area contributed by atoms with Crippen molar-refractivity contribution >= 4 is 50.7 Å². The summed E-state index contributed by atoms with van der Waals surface area (Å²) in [7, 11) is 0. The maximum Gasteiger partial charge on any atom is 0.300 e. The van der Waals surface area contributed by atoms with Gasteiger partial charge in [-0.3, -0.25) is 24.1 Å². The Labute approximate surface area is 158 Å². The Bertz CT molecular complexity index is 954. The number of carbonyl (C=O) groups is 4. The Morgan fingerprint density at radius 1 is 1.12 bits per heavy atom. The number of benzene rings is 2. The molecule has 0 radical (unpaired) electrons. The van der Waals surface area contributed by atoms with E-state index in [0.717, 1.165) is 0 Å². The largest absolute Gasteiger partial charge is 0.324 e. The zero-order valence-corrected chi connectivity index (χ0v) is 15.7. The Morgan fingerprint density at radius 3 is 2.54 bits per heavy atom. The second-order valence-corrected chi connectivity index (χ2v) is 6.88. The molecule has 0 spiro atoms. The number of rotatable bonds is 4. The van der Waals surface area contributed by atoms with E-state index in [1.807, 2.05) is 0 Å². The highest BCUT2D eigenvalue weighted by Gasteiger charge is 2.40. The molecule has 2 aromatic carbocycles. The molecule has 1 N–H and O–H groups in total. The quantitative estimate of drug-likeness (QED) is 0.614. The SMILES string of the molecule is CC(=O)c1cccc(NC(=O)C(C)N2C(=O)C(=O)c3cc(Br)ccc32)c1. The predicted molar refractivity (Wildman–Crippen MR) is 100 cm³/mol.